The number of anilines is 1. The van der Waals surface area contributed by atoms with Crippen LogP contribution in [0.3, 0.4) is 0 Å². The molecule has 3 heteroatoms. The van der Waals surface area contributed by atoms with Gasteiger partial charge < -0.3 is 15.1 Å². The van der Waals surface area contributed by atoms with Gasteiger partial charge in [-0.2, -0.15) is 0 Å². The molecule has 2 aliphatic rings. The highest BCUT2D eigenvalue weighted by Crippen LogP contribution is 2.41. The standard InChI is InChI=1S/C15H21NO2/c1-10(17)14-4-2-3-5-15(14)16-11-6-7-12(16)9-13(18)8-11/h2-5,10-13,17-18H,6-9H2,1H3/t10-,11?,12?,13?/m0/s1. The number of nitrogens with zero attached hydrogens (tertiary/aromatic N) is 1. The van der Waals surface area contributed by atoms with E-state index in [1.54, 1.807) is 0 Å². The van der Waals surface area contributed by atoms with Crippen LogP contribution in [-0.2, 0) is 0 Å². The molecule has 0 aromatic heterocycles. The van der Waals surface area contributed by atoms with Crippen molar-refractivity contribution in [3.8, 4) is 0 Å². The molecule has 2 saturated heterocycles. The van der Waals surface area contributed by atoms with Gasteiger partial charge in [-0.05, 0) is 38.7 Å². The fourth-order valence-electron chi connectivity index (χ4n) is 3.62. The van der Waals surface area contributed by atoms with E-state index in [0.717, 1.165) is 36.9 Å². The van der Waals surface area contributed by atoms with Crippen molar-refractivity contribution in [3.05, 3.63) is 29.8 Å². The molecule has 1 aromatic rings. The lowest BCUT2D eigenvalue weighted by atomic mass is 9.97. The van der Waals surface area contributed by atoms with E-state index in [1.807, 2.05) is 25.1 Å². The Morgan fingerprint density at radius 2 is 1.78 bits per heavy atom. The molecule has 2 aliphatic heterocycles. The summed E-state index contributed by atoms with van der Waals surface area (Å²) in [6, 6.07) is 9.00. The smallest absolute Gasteiger partial charge is 0.0781 e. The Kier molecular flexibility index (Phi) is 3.04. The molecule has 2 N–H and O–H groups in total. The van der Waals surface area contributed by atoms with Crippen LogP contribution in [0, 0.1) is 0 Å². The molecule has 0 aliphatic carbocycles. The minimum Gasteiger partial charge on any atom is -0.393 e. The second kappa shape index (κ2) is 4.56. The van der Waals surface area contributed by atoms with Crippen molar-refractivity contribution in [1.82, 2.24) is 0 Å². The Morgan fingerprint density at radius 3 is 2.39 bits per heavy atom. The lowest BCUT2D eigenvalue weighted by molar-refractivity contribution is 0.126. The van der Waals surface area contributed by atoms with Crippen molar-refractivity contribution in [2.45, 2.75) is 56.9 Å². The van der Waals surface area contributed by atoms with Crippen molar-refractivity contribution in [1.29, 1.82) is 0 Å². The van der Waals surface area contributed by atoms with Gasteiger partial charge in [-0.3, -0.25) is 0 Å². The Morgan fingerprint density at radius 1 is 1.17 bits per heavy atom. The maximum absolute atomic E-state index is 9.90. The van der Waals surface area contributed by atoms with Crippen molar-refractivity contribution in [2.24, 2.45) is 0 Å². The monoisotopic (exact) mass is 247 g/mol. The number of aliphatic hydroxyl groups excluding tert-OH is 2. The molecule has 0 saturated carbocycles. The summed E-state index contributed by atoms with van der Waals surface area (Å²) in [6.07, 6.45) is 3.48. The zero-order chi connectivity index (χ0) is 12.7. The Hall–Kier alpha value is -1.06. The molecule has 0 amide bonds. The van der Waals surface area contributed by atoms with E-state index >= 15 is 0 Å². The van der Waals surface area contributed by atoms with Gasteiger partial charge in [0.05, 0.1) is 12.2 Å². The molecule has 3 nitrogen and oxygen atoms in total. The summed E-state index contributed by atoms with van der Waals surface area (Å²) in [7, 11) is 0. The van der Waals surface area contributed by atoms with Crippen molar-refractivity contribution >= 4 is 5.69 Å². The number of rotatable bonds is 2. The van der Waals surface area contributed by atoms with Crippen LogP contribution < -0.4 is 4.90 Å². The van der Waals surface area contributed by atoms with Gasteiger partial charge in [0.2, 0.25) is 0 Å². The summed E-state index contributed by atoms with van der Waals surface area (Å²) in [5.41, 5.74) is 2.16. The number of hydrogen-bond donors (Lipinski definition) is 2. The Balaban J connectivity index is 1.96. The summed E-state index contributed by atoms with van der Waals surface area (Å²) in [5, 5.41) is 19.8. The van der Waals surface area contributed by atoms with Crippen LogP contribution >= 0.6 is 0 Å². The second-order valence-electron chi connectivity index (χ2n) is 5.65. The van der Waals surface area contributed by atoms with Gasteiger partial charge in [0.1, 0.15) is 0 Å². The van der Waals surface area contributed by atoms with Crippen LogP contribution in [-0.4, -0.2) is 28.4 Å². The predicted octanol–water partition coefficient (Wildman–Crippen LogP) is 2.23. The fraction of sp³-hybridized carbons (Fsp3) is 0.600. The quantitative estimate of drug-likeness (QED) is 0.842. The van der Waals surface area contributed by atoms with Gasteiger partial charge >= 0.3 is 0 Å². The molecular weight excluding hydrogens is 226 g/mol. The van der Waals surface area contributed by atoms with Crippen LogP contribution in [0.2, 0.25) is 0 Å². The molecule has 2 heterocycles. The SMILES string of the molecule is C[C@H](O)c1ccccc1N1C2CCC1CC(O)C2. The third-order valence-electron chi connectivity index (χ3n) is 4.37. The molecule has 0 radical (unpaired) electrons. The molecule has 98 valence electrons. The average Bonchev–Trinajstić information content (AvgIpc) is 2.61. The van der Waals surface area contributed by atoms with Crippen LogP contribution in [0.5, 0.6) is 0 Å². The van der Waals surface area contributed by atoms with Crippen molar-refractivity contribution < 1.29 is 10.2 Å². The normalized spacial score (nSPS) is 32.6. The summed E-state index contributed by atoms with van der Waals surface area (Å²) < 4.78 is 0. The fourth-order valence-corrected chi connectivity index (χ4v) is 3.62. The third-order valence-corrected chi connectivity index (χ3v) is 4.37. The minimum absolute atomic E-state index is 0.141. The summed E-state index contributed by atoms with van der Waals surface area (Å²) >= 11 is 0. The second-order valence-corrected chi connectivity index (χ2v) is 5.65. The Labute approximate surface area is 108 Å². The van der Waals surface area contributed by atoms with Gasteiger partial charge in [-0.25, -0.2) is 0 Å². The largest absolute Gasteiger partial charge is 0.393 e. The molecule has 2 unspecified atom stereocenters. The zero-order valence-corrected chi connectivity index (χ0v) is 10.8. The first-order chi connectivity index (χ1) is 8.66. The van der Waals surface area contributed by atoms with Gasteiger partial charge in [-0.15, -0.1) is 0 Å². The summed E-state index contributed by atoms with van der Waals surface area (Å²) in [4.78, 5) is 2.44. The third kappa shape index (κ3) is 1.91. The highest BCUT2D eigenvalue weighted by atomic mass is 16.3. The van der Waals surface area contributed by atoms with E-state index in [0.29, 0.717) is 12.1 Å². The number of benzene rings is 1. The zero-order valence-electron chi connectivity index (χ0n) is 10.8. The molecule has 3 atom stereocenters. The van der Waals surface area contributed by atoms with E-state index in [4.69, 9.17) is 0 Å². The average molecular weight is 247 g/mol. The van der Waals surface area contributed by atoms with E-state index in [9.17, 15) is 10.2 Å². The first kappa shape index (κ1) is 12.0. The van der Waals surface area contributed by atoms with E-state index in [2.05, 4.69) is 11.0 Å². The lowest BCUT2D eigenvalue weighted by Gasteiger charge is -2.40. The van der Waals surface area contributed by atoms with Crippen molar-refractivity contribution in [2.75, 3.05) is 4.90 Å². The lowest BCUT2D eigenvalue weighted by Crippen LogP contribution is -2.45. The molecule has 3 rings (SSSR count). The van der Waals surface area contributed by atoms with Gasteiger partial charge in [0.25, 0.3) is 0 Å². The van der Waals surface area contributed by atoms with Gasteiger partial charge in [0, 0.05) is 23.3 Å². The maximum atomic E-state index is 9.90. The number of para-hydroxylation sites is 1. The number of aliphatic hydroxyl groups is 2. The van der Waals surface area contributed by atoms with Crippen LogP contribution in [0.25, 0.3) is 0 Å². The van der Waals surface area contributed by atoms with Gasteiger partial charge in [0.15, 0.2) is 0 Å². The van der Waals surface area contributed by atoms with Crippen LogP contribution in [0.15, 0.2) is 24.3 Å². The highest BCUT2D eigenvalue weighted by molar-refractivity contribution is 5.57. The predicted molar refractivity (Wildman–Crippen MR) is 71.6 cm³/mol. The molecule has 2 fully saturated rings. The number of piperidine rings is 1. The first-order valence-corrected chi connectivity index (χ1v) is 6.90. The molecule has 0 spiro atoms. The van der Waals surface area contributed by atoms with E-state index in [1.165, 1.54) is 0 Å². The summed E-state index contributed by atoms with van der Waals surface area (Å²) in [6.45, 7) is 1.82. The van der Waals surface area contributed by atoms with Crippen LogP contribution in [0.4, 0.5) is 5.69 Å². The van der Waals surface area contributed by atoms with E-state index in [-0.39, 0.29) is 6.10 Å². The van der Waals surface area contributed by atoms with E-state index < -0.39 is 6.10 Å². The maximum Gasteiger partial charge on any atom is 0.0781 e. The topological polar surface area (TPSA) is 43.7 Å². The first-order valence-electron chi connectivity index (χ1n) is 6.90. The van der Waals surface area contributed by atoms with Crippen LogP contribution in [0.1, 0.15) is 44.3 Å². The Bertz CT molecular complexity index is 418. The van der Waals surface area contributed by atoms with Gasteiger partial charge in [-0.1, -0.05) is 18.2 Å². The summed E-state index contributed by atoms with van der Waals surface area (Å²) in [5.74, 6) is 0. The number of fused-ring (bicyclic) bond motifs is 2. The number of hydrogen-bond acceptors (Lipinski definition) is 3. The molecule has 2 bridgehead atoms. The molecular formula is C15H21NO2. The van der Waals surface area contributed by atoms with Crippen molar-refractivity contribution in [3.63, 3.8) is 0 Å². The molecule has 18 heavy (non-hydrogen) atoms. The highest BCUT2D eigenvalue weighted by Gasteiger charge is 2.40. The minimum atomic E-state index is -0.438. The molecule has 1 aromatic carbocycles.